The smallest absolute Gasteiger partial charge is 0.219 e. The van der Waals surface area contributed by atoms with E-state index in [-0.39, 0.29) is 5.37 Å². The lowest BCUT2D eigenvalue weighted by Gasteiger charge is -2.18. The molecule has 1 aliphatic rings. The number of methoxy groups -OCH3 is 2. The molecule has 0 amide bonds. The molecule has 1 heterocycles. The van der Waals surface area contributed by atoms with Crippen LogP contribution in [0, 0.1) is 0 Å². The molecule has 1 atom stereocenters. The van der Waals surface area contributed by atoms with E-state index in [1.165, 1.54) is 0 Å². The van der Waals surface area contributed by atoms with Crippen molar-refractivity contribution >= 4 is 23.6 Å². The molecular weight excluding hydrogens is 200 g/mol. The van der Waals surface area contributed by atoms with E-state index in [2.05, 4.69) is 16.9 Å². The fourth-order valence-electron chi connectivity index (χ4n) is 1.07. The van der Waals surface area contributed by atoms with Crippen LogP contribution >= 0.6 is 11.8 Å². The first kappa shape index (κ1) is 11.4. The molecule has 0 fully saturated rings. The zero-order chi connectivity index (χ0) is 10.4. The average molecular weight is 216 g/mol. The van der Waals surface area contributed by atoms with E-state index in [1.807, 2.05) is 0 Å². The third kappa shape index (κ3) is 2.90. The first-order valence-electron chi connectivity index (χ1n) is 4.62. The Bertz CT molecular complexity index is 241. The molecule has 0 aliphatic carbocycles. The summed E-state index contributed by atoms with van der Waals surface area (Å²) < 4.78 is 10.2. The van der Waals surface area contributed by atoms with Crippen LogP contribution in [-0.2, 0) is 9.47 Å². The third-order valence-electron chi connectivity index (χ3n) is 1.77. The molecule has 1 rings (SSSR count). The minimum Gasteiger partial charge on any atom is -0.483 e. The first-order chi connectivity index (χ1) is 6.81. The van der Waals surface area contributed by atoms with Gasteiger partial charge in [-0.3, -0.25) is 0 Å². The van der Waals surface area contributed by atoms with Crippen LogP contribution in [0.4, 0.5) is 0 Å². The van der Waals surface area contributed by atoms with Crippen molar-refractivity contribution in [3.05, 3.63) is 0 Å². The van der Waals surface area contributed by atoms with Gasteiger partial charge in [-0.2, -0.15) is 0 Å². The summed E-state index contributed by atoms with van der Waals surface area (Å²) in [6.07, 6.45) is 1.12. The second-order valence-corrected chi connectivity index (χ2v) is 4.00. The predicted octanol–water partition coefficient (Wildman–Crippen LogP) is 1.56. The minimum atomic E-state index is -0.0244. The van der Waals surface area contributed by atoms with E-state index >= 15 is 0 Å². The molecule has 0 aromatic carbocycles. The number of nitrogens with zero attached hydrogens (tertiary/aromatic N) is 2. The molecule has 0 saturated carbocycles. The van der Waals surface area contributed by atoms with Crippen molar-refractivity contribution in [1.82, 2.24) is 0 Å². The van der Waals surface area contributed by atoms with Gasteiger partial charge in [-0.15, -0.1) is 11.8 Å². The van der Waals surface area contributed by atoms with Gasteiger partial charge in [-0.1, -0.05) is 6.92 Å². The molecule has 0 aromatic rings. The minimum absolute atomic E-state index is 0.0244. The monoisotopic (exact) mass is 216 g/mol. The molecule has 0 N–H and O–H groups in total. The van der Waals surface area contributed by atoms with Crippen molar-refractivity contribution in [3.8, 4) is 0 Å². The SMILES string of the molecule is CCCSC1N=C(OC)CN=C1OC. The topological polar surface area (TPSA) is 43.2 Å². The number of hydrogen-bond acceptors (Lipinski definition) is 5. The maximum Gasteiger partial charge on any atom is 0.219 e. The summed E-state index contributed by atoms with van der Waals surface area (Å²) in [6.45, 7) is 2.63. The largest absolute Gasteiger partial charge is 0.483 e. The average Bonchev–Trinajstić information content (AvgIpc) is 2.25. The molecule has 0 aromatic heterocycles. The predicted molar refractivity (Wildman–Crippen MR) is 60.3 cm³/mol. The van der Waals surface area contributed by atoms with E-state index in [1.54, 1.807) is 26.0 Å². The maximum atomic E-state index is 5.16. The van der Waals surface area contributed by atoms with Crippen LogP contribution in [0.3, 0.4) is 0 Å². The van der Waals surface area contributed by atoms with E-state index < -0.39 is 0 Å². The van der Waals surface area contributed by atoms with Gasteiger partial charge in [0.25, 0.3) is 0 Å². The molecule has 4 nitrogen and oxygen atoms in total. The molecule has 0 saturated heterocycles. The lowest BCUT2D eigenvalue weighted by atomic mass is 10.5. The van der Waals surface area contributed by atoms with Crippen LogP contribution in [0.5, 0.6) is 0 Å². The quantitative estimate of drug-likeness (QED) is 0.719. The summed E-state index contributed by atoms with van der Waals surface area (Å²) >= 11 is 1.73. The molecule has 5 heteroatoms. The maximum absolute atomic E-state index is 5.16. The molecule has 0 spiro atoms. The number of hydrogen-bond donors (Lipinski definition) is 0. The van der Waals surface area contributed by atoms with Crippen LogP contribution in [0.2, 0.25) is 0 Å². The highest BCUT2D eigenvalue weighted by molar-refractivity contribution is 8.00. The van der Waals surface area contributed by atoms with Crippen molar-refractivity contribution in [1.29, 1.82) is 0 Å². The van der Waals surface area contributed by atoms with E-state index in [4.69, 9.17) is 9.47 Å². The van der Waals surface area contributed by atoms with Crippen LogP contribution in [0.25, 0.3) is 0 Å². The molecule has 0 bridgehead atoms. The van der Waals surface area contributed by atoms with Crippen molar-refractivity contribution in [2.75, 3.05) is 26.5 Å². The Balaban J connectivity index is 2.59. The van der Waals surface area contributed by atoms with Crippen LogP contribution in [-0.4, -0.2) is 43.7 Å². The highest BCUT2D eigenvalue weighted by Gasteiger charge is 2.21. The van der Waals surface area contributed by atoms with Gasteiger partial charge in [0.2, 0.25) is 11.8 Å². The third-order valence-corrected chi connectivity index (χ3v) is 3.03. The van der Waals surface area contributed by atoms with Gasteiger partial charge in [0.05, 0.1) is 14.2 Å². The van der Waals surface area contributed by atoms with Crippen LogP contribution in [0.15, 0.2) is 9.98 Å². The van der Waals surface area contributed by atoms with Gasteiger partial charge >= 0.3 is 0 Å². The summed E-state index contributed by atoms with van der Waals surface area (Å²) in [7, 11) is 3.25. The van der Waals surface area contributed by atoms with Gasteiger partial charge < -0.3 is 9.47 Å². The summed E-state index contributed by atoms with van der Waals surface area (Å²) in [6, 6.07) is 0. The van der Waals surface area contributed by atoms with E-state index in [0.29, 0.717) is 18.3 Å². The molecule has 14 heavy (non-hydrogen) atoms. The molecule has 1 unspecified atom stereocenters. The highest BCUT2D eigenvalue weighted by atomic mass is 32.2. The normalized spacial score (nSPS) is 21.2. The molecule has 80 valence electrons. The number of ether oxygens (including phenoxy) is 2. The summed E-state index contributed by atoms with van der Waals surface area (Å²) in [4.78, 5) is 8.64. The summed E-state index contributed by atoms with van der Waals surface area (Å²) in [5, 5.41) is -0.0244. The van der Waals surface area contributed by atoms with Gasteiger partial charge in [0.1, 0.15) is 6.54 Å². The second kappa shape index (κ2) is 5.90. The van der Waals surface area contributed by atoms with E-state index in [9.17, 15) is 0 Å². The fraction of sp³-hybridized carbons (Fsp3) is 0.778. The Kier molecular flexibility index (Phi) is 4.79. The van der Waals surface area contributed by atoms with Crippen molar-refractivity contribution in [2.24, 2.45) is 9.98 Å². The van der Waals surface area contributed by atoms with Gasteiger partial charge in [0.15, 0.2) is 5.37 Å². The van der Waals surface area contributed by atoms with Crippen LogP contribution in [0.1, 0.15) is 13.3 Å². The Labute approximate surface area is 88.8 Å². The molecule has 0 radical (unpaired) electrons. The summed E-state index contributed by atoms with van der Waals surface area (Å²) in [5.74, 6) is 2.43. The molecular formula is C9H16N2O2S. The van der Waals surface area contributed by atoms with Gasteiger partial charge in [0, 0.05) is 0 Å². The number of thioether (sulfide) groups is 1. The first-order valence-corrected chi connectivity index (χ1v) is 5.67. The molecule has 1 aliphatic heterocycles. The zero-order valence-electron chi connectivity index (χ0n) is 8.82. The Morgan fingerprint density at radius 1 is 1.43 bits per heavy atom. The summed E-state index contributed by atoms with van der Waals surface area (Å²) in [5.41, 5.74) is 0. The van der Waals surface area contributed by atoms with Crippen molar-refractivity contribution < 1.29 is 9.47 Å². The Hall–Kier alpha value is -0.710. The highest BCUT2D eigenvalue weighted by Crippen LogP contribution is 2.18. The van der Waals surface area contributed by atoms with Crippen molar-refractivity contribution in [3.63, 3.8) is 0 Å². The standard InChI is InChI=1S/C9H16N2O2S/c1-4-5-14-9-8(13-3)10-6-7(11-9)12-2/h9H,4-6H2,1-3H3. The lowest BCUT2D eigenvalue weighted by molar-refractivity contribution is 0.371. The number of rotatable bonds is 3. The van der Waals surface area contributed by atoms with Gasteiger partial charge in [-0.05, 0) is 12.2 Å². The lowest BCUT2D eigenvalue weighted by Crippen LogP contribution is -2.26. The van der Waals surface area contributed by atoms with Crippen molar-refractivity contribution in [2.45, 2.75) is 18.7 Å². The van der Waals surface area contributed by atoms with Crippen LogP contribution < -0.4 is 0 Å². The van der Waals surface area contributed by atoms with Gasteiger partial charge in [-0.25, -0.2) is 9.98 Å². The number of aliphatic imine (C=N–C) groups is 2. The fourth-order valence-corrected chi connectivity index (χ4v) is 2.04. The Morgan fingerprint density at radius 2 is 2.21 bits per heavy atom. The van der Waals surface area contributed by atoms with E-state index in [0.717, 1.165) is 12.2 Å². The Morgan fingerprint density at radius 3 is 2.79 bits per heavy atom. The zero-order valence-corrected chi connectivity index (χ0v) is 9.63. The second-order valence-electron chi connectivity index (χ2n) is 2.81.